The van der Waals surface area contributed by atoms with Gasteiger partial charge in [-0.15, -0.1) is 0 Å². The number of nitrogens with zero attached hydrogens (tertiary/aromatic N) is 4. The molecule has 160 valence electrons. The zero-order chi connectivity index (χ0) is 21.3. The molecule has 2 saturated heterocycles. The van der Waals surface area contributed by atoms with Gasteiger partial charge in [-0.1, -0.05) is 60.7 Å². The van der Waals surface area contributed by atoms with Crippen molar-refractivity contribution >= 4 is 5.91 Å². The van der Waals surface area contributed by atoms with Crippen molar-refractivity contribution in [3.8, 4) is 0 Å². The molecule has 1 aromatic heterocycles. The van der Waals surface area contributed by atoms with Crippen LogP contribution in [0.2, 0.25) is 0 Å². The minimum absolute atomic E-state index is 0.0474. The number of H-pyrrole nitrogens is 1. The van der Waals surface area contributed by atoms with Crippen LogP contribution in [-0.4, -0.2) is 57.1 Å². The summed E-state index contributed by atoms with van der Waals surface area (Å²) >= 11 is 0. The van der Waals surface area contributed by atoms with E-state index in [4.69, 9.17) is 0 Å². The van der Waals surface area contributed by atoms with E-state index in [1.165, 1.54) is 11.1 Å². The Balaban J connectivity index is 1.26. The SMILES string of the molecule is Cc1nc(C2CN(Cc3ccccc3)CC23CN(C(=O)CCc2ccccc2)C3)n[nH]1. The summed E-state index contributed by atoms with van der Waals surface area (Å²) in [5.41, 5.74) is 2.58. The Morgan fingerprint density at radius 2 is 1.71 bits per heavy atom. The van der Waals surface area contributed by atoms with Crippen LogP contribution >= 0.6 is 0 Å². The summed E-state index contributed by atoms with van der Waals surface area (Å²) in [4.78, 5) is 22.0. The highest BCUT2D eigenvalue weighted by molar-refractivity contribution is 5.77. The van der Waals surface area contributed by atoms with Gasteiger partial charge >= 0.3 is 0 Å². The van der Waals surface area contributed by atoms with E-state index in [2.05, 4.69) is 62.5 Å². The Labute approximate surface area is 183 Å². The second kappa shape index (κ2) is 8.27. The average molecular weight is 416 g/mol. The lowest BCUT2D eigenvalue weighted by Gasteiger charge is -2.50. The first-order chi connectivity index (χ1) is 15.1. The van der Waals surface area contributed by atoms with E-state index in [9.17, 15) is 4.79 Å². The monoisotopic (exact) mass is 415 g/mol. The second-order valence-electron chi connectivity index (χ2n) is 9.08. The van der Waals surface area contributed by atoms with E-state index in [0.717, 1.165) is 50.8 Å². The minimum atomic E-state index is 0.0474. The Bertz CT molecular complexity index is 1030. The molecular formula is C25H29N5O. The molecule has 3 aromatic rings. The van der Waals surface area contributed by atoms with Crippen LogP contribution in [0.25, 0.3) is 0 Å². The van der Waals surface area contributed by atoms with Crippen molar-refractivity contribution in [3.05, 3.63) is 83.4 Å². The number of likely N-dealkylation sites (tertiary alicyclic amines) is 2. The lowest BCUT2D eigenvalue weighted by atomic mass is 9.71. The lowest BCUT2D eigenvalue weighted by Crippen LogP contribution is -2.61. The summed E-state index contributed by atoms with van der Waals surface area (Å²) in [6, 6.07) is 20.8. The number of aryl methyl sites for hydroxylation is 2. The van der Waals surface area contributed by atoms with Crippen LogP contribution < -0.4 is 0 Å². The fourth-order valence-electron chi connectivity index (χ4n) is 5.17. The van der Waals surface area contributed by atoms with Gasteiger partial charge in [-0.2, -0.15) is 5.10 Å². The first kappa shape index (κ1) is 19.9. The molecule has 1 atom stereocenters. The maximum absolute atomic E-state index is 12.8. The molecule has 6 heteroatoms. The fourth-order valence-corrected chi connectivity index (χ4v) is 5.17. The van der Waals surface area contributed by atoms with Crippen LogP contribution in [0, 0.1) is 12.3 Å². The number of aromatic amines is 1. The maximum atomic E-state index is 12.8. The number of nitrogens with one attached hydrogen (secondary N) is 1. The van der Waals surface area contributed by atoms with Gasteiger partial charge in [0.25, 0.3) is 0 Å². The Morgan fingerprint density at radius 1 is 1.03 bits per heavy atom. The Kier molecular flexibility index (Phi) is 5.32. The highest BCUT2D eigenvalue weighted by Gasteiger charge is 2.56. The van der Waals surface area contributed by atoms with Crippen LogP contribution in [0.1, 0.15) is 35.1 Å². The summed E-state index contributed by atoms with van der Waals surface area (Å²) < 4.78 is 0. The quantitative estimate of drug-likeness (QED) is 0.672. The van der Waals surface area contributed by atoms with Gasteiger partial charge in [0.1, 0.15) is 5.82 Å². The molecule has 0 aliphatic carbocycles. The number of hydrogen-bond donors (Lipinski definition) is 1. The first-order valence-electron chi connectivity index (χ1n) is 11.1. The fraction of sp³-hybridized carbons (Fsp3) is 0.400. The van der Waals surface area contributed by atoms with Gasteiger partial charge in [0.2, 0.25) is 5.91 Å². The molecule has 6 nitrogen and oxygen atoms in total. The standard InChI is InChI=1S/C25H29N5O/c1-19-26-24(28-27-19)22-15-29(14-21-10-6-3-7-11-21)16-25(22)17-30(18-25)23(31)13-12-20-8-4-2-5-9-20/h2-11,22H,12-18H2,1H3,(H,26,27,28). The van der Waals surface area contributed by atoms with Gasteiger partial charge in [0, 0.05) is 50.5 Å². The van der Waals surface area contributed by atoms with Gasteiger partial charge < -0.3 is 4.90 Å². The predicted octanol–water partition coefficient (Wildman–Crippen LogP) is 3.17. The van der Waals surface area contributed by atoms with E-state index >= 15 is 0 Å². The van der Waals surface area contributed by atoms with Crippen molar-refractivity contribution in [2.75, 3.05) is 26.2 Å². The maximum Gasteiger partial charge on any atom is 0.222 e. The van der Waals surface area contributed by atoms with Crippen LogP contribution in [0.3, 0.4) is 0 Å². The zero-order valence-electron chi connectivity index (χ0n) is 18.0. The average Bonchev–Trinajstić information content (AvgIpc) is 3.36. The van der Waals surface area contributed by atoms with E-state index in [0.29, 0.717) is 6.42 Å². The second-order valence-corrected chi connectivity index (χ2v) is 9.08. The van der Waals surface area contributed by atoms with Crippen LogP contribution in [0.15, 0.2) is 60.7 Å². The molecule has 2 aliphatic heterocycles. The summed E-state index contributed by atoms with van der Waals surface area (Å²) in [5.74, 6) is 2.24. The largest absolute Gasteiger partial charge is 0.341 e. The highest BCUT2D eigenvalue weighted by Crippen LogP contribution is 2.48. The summed E-state index contributed by atoms with van der Waals surface area (Å²) in [6.45, 7) is 6.36. The number of carbonyl (C=O) groups is 1. The third-order valence-electron chi connectivity index (χ3n) is 6.73. The minimum Gasteiger partial charge on any atom is -0.341 e. The van der Waals surface area contributed by atoms with Crippen LogP contribution in [0.4, 0.5) is 0 Å². The molecular weight excluding hydrogens is 386 g/mol. The molecule has 0 bridgehead atoms. The van der Waals surface area contributed by atoms with E-state index in [-0.39, 0.29) is 17.2 Å². The first-order valence-corrected chi connectivity index (χ1v) is 11.1. The smallest absolute Gasteiger partial charge is 0.222 e. The van der Waals surface area contributed by atoms with E-state index in [1.807, 2.05) is 30.0 Å². The number of hydrogen-bond acceptors (Lipinski definition) is 4. The van der Waals surface area contributed by atoms with Gasteiger partial charge in [-0.3, -0.25) is 14.8 Å². The topological polar surface area (TPSA) is 65.1 Å². The van der Waals surface area contributed by atoms with E-state index in [1.54, 1.807) is 0 Å². The van der Waals surface area contributed by atoms with E-state index < -0.39 is 0 Å². The zero-order valence-corrected chi connectivity index (χ0v) is 18.0. The van der Waals surface area contributed by atoms with Gasteiger partial charge in [-0.05, 0) is 24.5 Å². The number of rotatable bonds is 6. The van der Waals surface area contributed by atoms with Gasteiger partial charge in [0.15, 0.2) is 5.82 Å². The van der Waals surface area contributed by atoms with Crippen molar-refractivity contribution in [2.45, 2.75) is 32.2 Å². The molecule has 31 heavy (non-hydrogen) atoms. The van der Waals surface area contributed by atoms with Crippen molar-refractivity contribution in [2.24, 2.45) is 5.41 Å². The normalized spacial score (nSPS) is 20.2. The molecule has 5 rings (SSSR count). The van der Waals surface area contributed by atoms with Crippen molar-refractivity contribution in [1.29, 1.82) is 0 Å². The summed E-state index contributed by atoms with van der Waals surface area (Å²) in [5, 5.41) is 7.50. The van der Waals surface area contributed by atoms with Gasteiger partial charge in [0.05, 0.1) is 0 Å². The molecule has 3 heterocycles. The third-order valence-corrected chi connectivity index (χ3v) is 6.73. The number of benzene rings is 2. The molecule has 0 saturated carbocycles. The molecule has 1 unspecified atom stereocenters. The Morgan fingerprint density at radius 3 is 2.35 bits per heavy atom. The van der Waals surface area contributed by atoms with Crippen molar-refractivity contribution < 1.29 is 4.79 Å². The Hall–Kier alpha value is -2.99. The van der Waals surface area contributed by atoms with Crippen molar-refractivity contribution in [1.82, 2.24) is 25.0 Å². The van der Waals surface area contributed by atoms with Gasteiger partial charge in [-0.25, -0.2) is 4.98 Å². The molecule has 2 aromatic carbocycles. The molecule has 0 radical (unpaired) electrons. The lowest BCUT2D eigenvalue weighted by molar-refractivity contribution is -0.143. The molecule has 2 aliphatic rings. The molecule has 1 N–H and O–H groups in total. The summed E-state index contributed by atoms with van der Waals surface area (Å²) in [7, 11) is 0. The predicted molar refractivity (Wildman–Crippen MR) is 119 cm³/mol. The summed E-state index contributed by atoms with van der Waals surface area (Å²) in [6.07, 6.45) is 1.37. The third kappa shape index (κ3) is 4.12. The highest BCUT2D eigenvalue weighted by atomic mass is 16.2. The number of aromatic nitrogens is 3. The van der Waals surface area contributed by atoms with Crippen LogP contribution in [0.5, 0.6) is 0 Å². The molecule has 1 amide bonds. The number of carbonyl (C=O) groups excluding carboxylic acids is 1. The molecule has 1 spiro atoms. The molecule has 2 fully saturated rings. The van der Waals surface area contributed by atoms with Crippen LogP contribution in [-0.2, 0) is 17.8 Å². The number of amides is 1. The van der Waals surface area contributed by atoms with Crippen molar-refractivity contribution in [3.63, 3.8) is 0 Å².